The minimum atomic E-state index is -1.01. The topological polar surface area (TPSA) is 73.3 Å². The van der Waals surface area contributed by atoms with Gasteiger partial charge < -0.3 is 15.2 Å². The summed E-state index contributed by atoms with van der Waals surface area (Å²) in [6, 6.07) is 1.39. The standard InChI is InChI=1S/C6H7NO3/c8-3-4-1-5(6(9)10)7-2-4/h1-2,7-8H,3H2,(H,9,10). The zero-order chi connectivity index (χ0) is 7.56. The Morgan fingerprint density at radius 1 is 1.70 bits per heavy atom. The molecule has 0 amide bonds. The number of carboxylic acid groups (broad SMARTS) is 1. The number of nitrogens with one attached hydrogen (secondary N) is 1. The van der Waals surface area contributed by atoms with Crippen LogP contribution in [0.5, 0.6) is 0 Å². The van der Waals surface area contributed by atoms with Crippen molar-refractivity contribution in [2.75, 3.05) is 0 Å². The number of H-pyrrole nitrogens is 1. The molecule has 1 rings (SSSR count). The van der Waals surface area contributed by atoms with Gasteiger partial charge in [-0.25, -0.2) is 4.79 Å². The molecule has 0 spiro atoms. The Bertz CT molecular complexity index is 241. The molecule has 1 heterocycles. The van der Waals surface area contributed by atoms with Crippen molar-refractivity contribution in [2.45, 2.75) is 6.61 Å². The summed E-state index contributed by atoms with van der Waals surface area (Å²) in [6.07, 6.45) is 1.46. The molecule has 54 valence electrons. The third-order valence-corrected chi connectivity index (χ3v) is 1.16. The highest BCUT2D eigenvalue weighted by Gasteiger charge is 2.03. The Hall–Kier alpha value is -1.29. The summed E-state index contributed by atoms with van der Waals surface area (Å²) in [4.78, 5) is 12.7. The summed E-state index contributed by atoms with van der Waals surface area (Å²) in [7, 11) is 0. The van der Waals surface area contributed by atoms with Crippen molar-refractivity contribution in [2.24, 2.45) is 0 Å². The van der Waals surface area contributed by atoms with Gasteiger partial charge in [0.2, 0.25) is 0 Å². The molecule has 1 aromatic rings. The third-order valence-electron chi connectivity index (χ3n) is 1.16. The quantitative estimate of drug-likeness (QED) is 0.551. The van der Waals surface area contributed by atoms with Gasteiger partial charge in [0.25, 0.3) is 0 Å². The first-order valence-corrected chi connectivity index (χ1v) is 2.75. The molecule has 4 heteroatoms. The number of carboxylic acids is 1. The summed E-state index contributed by atoms with van der Waals surface area (Å²) in [5.74, 6) is -1.01. The van der Waals surface area contributed by atoms with Gasteiger partial charge >= 0.3 is 5.97 Å². The summed E-state index contributed by atoms with van der Waals surface area (Å²) in [6.45, 7) is -0.135. The fourth-order valence-corrected chi connectivity index (χ4v) is 0.654. The molecule has 0 saturated heterocycles. The highest BCUT2D eigenvalue weighted by Crippen LogP contribution is 2.01. The summed E-state index contributed by atoms with van der Waals surface area (Å²) in [5, 5.41) is 16.9. The number of hydrogen-bond donors (Lipinski definition) is 3. The first kappa shape index (κ1) is 6.82. The maximum Gasteiger partial charge on any atom is 0.352 e. The second kappa shape index (κ2) is 2.53. The number of aromatic carboxylic acids is 1. The largest absolute Gasteiger partial charge is 0.477 e. The Kier molecular flexibility index (Phi) is 1.73. The lowest BCUT2D eigenvalue weighted by atomic mass is 10.3. The second-order valence-corrected chi connectivity index (χ2v) is 1.88. The van der Waals surface area contributed by atoms with E-state index in [0.29, 0.717) is 5.56 Å². The zero-order valence-electron chi connectivity index (χ0n) is 5.16. The molecular weight excluding hydrogens is 134 g/mol. The fraction of sp³-hybridized carbons (Fsp3) is 0.167. The van der Waals surface area contributed by atoms with Gasteiger partial charge in [-0.15, -0.1) is 0 Å². The van der Waals surface area contributed by atoms with Crippen LogP contribution in [-0.4, -0.2) is 21.2 Å². The van der Waals surface area contributed by atoms with Crippen LogP contribution < -0.4 is 0 Å². The average Bonchev–Trinajstić information content (AvgIpc) is 2.34. The molecule has 0 radical (unpaired) electrons. The lowest BCUT2D eigenvalue weighted by Crippen LogP contribution is -1.94. The number of aromatic nitrogens is 1. The second-order valence-electron chi connectivity index (χ2n) is 1.88. The molecule has 0 aliphatic rings. The zero-order valence-corrected chi connectivity index (χ0v) is 5.16. The number of aliphatic hydroxyl groups is 1. The van der Waals surface area contributed by atoms with Crippen molar-refractivity contribution in [3.05, 3.63) is 23.5 Å². The van der Waals surface area contributed by atoms with Crippen LogP contribution in [0.2, 0.25) is 0 Å². The van der Waals surface area contributed by atoms with Crippen molar-refractivity contribution in [1.29, 1.82) is 0 Å². The molecule has 0 bridgehead atoms. The predicted octanol–water partition coefficient (Wildman–Crippen LogP) is 0.205. The minimum Gasteiger partial charge on any atom is -0.477 e. The van der Waals surface area contributed by atoms with Gasteiger partial charge in [0.1, 0.15) is 5.69 Å². The molecule has 4 nitrogen and oxygen atoms in total. The highest BCUT2D eigenvalue weighted by atomic mass is 16.4. The van der Waals surface area contributed by atoms with Crippen LogP contribution in [0, 0.1) is 0 Å². The molecule has 0 saturated carbocycles. The lowest BCUT2D eigenvalue weighted by Gasteiger charge is -1.82. The molecular formula is C6H7NO3. The van der Waals surface area contributed by atoms with Crippen LogP contribution in [0.15, 0.2) is 12.3 Å². The van der Waals surface area contributed by atoms with Gasteiger partial charge in [0.15, 0.2) is 0 Å². The monoisotopic (exact) mass is 141 g/mol. The van der Waals surface area contributed by atoms with Gasteiger partial charge in [-0.1, -0.05) is 0 Å². The summed E-state index contributed by atoms with van der Waals surface area (Å²) < 4.78 is 0. The smallest absolute Gasteiger partial charge is 0.352 e. The highest BCUT2D eigenvalue weighted by molar-refractivity contribution is 5.85. The normalized spacial score (nSPS) is 9.70. The van der Waals surface area contributed by atoms with Crippen molar-refractivity contribution in [1.82, 2.24) is 4.98 Å². The maximum absolute atomic E-state index is 10.2. The fourth-order valence-electron chi connectivity index (χ4n) is 0.654. The molecule has 0 aromatic carbocycles. The molecule has 0 unspecified atom stereocenters. The van der Waals surface area contributed by atoms with Crippen molar-refractivity contribution >= 4 is 5.97 Å². The van der Waals surface area contributed by atoms with E-state index in [1.807, 2.05) is 0 Å². The molecule has 0 aliphatic carbocycles. The lowest BCUT2D eigenvalue weighted by molar-refractivity contribution is 0.0691. The van der Waals surface area contributed by atoms with Crippen LogP contribution in [0.4, 0.5) is 0 Å². The van der Waals surface area contributed by atoms with E-state index in [-0.39, 0.29) is 12.3 Å². The first-order valence-electron chi connectivity index (χ1n) is 2.75. The van der Waals surface area contributed by atoms with Crippen molar-refractivity contribution < 1.29 is 15.0 Å². The molecule has 10 heavy (non-hydrogen) atoms. The Balaban J connectivity index is 2.88. The Labute approximate surface area is 57.1 Å². The number of aromatic amines is 1. The van der Waals surface area contributed by atoms with Gasteiger partial charge in [0.05, 0.1) is 6.61 Å². The maximum atomic E-state index is 10.2. The van der Waals surface area contributed by atoms with Gasteiger partial charge in [0, 0.05) is 6.20 Å². The van der Waals surface area contributed by atoms with Gasteiger partial charge in [-0.2, -0.15) is 0 Å². The molecule has 0 fully saturated rings. The molecule has 3 N–H and O–H groups in total. The Morgan fingerprint density at radius 3 is 2.70 bits per heavy atom. The van der Waals surface area contributed by atoms with E-state index in [1.54, 1.807) is 0 Å². The summed E-state index contributed by atoms with van der Waals surface area (Å²) in [5.41, 5.74) is 0.682. The van der Waals surface area contributed by atoms with E-state index in [4.69, 9.17) is 10.2 Å². The van der Waals surface area contributed by atoms with Crippen LogP contribution in [-0.2, 0) is 6.61 Å². The average molecular weight is 141 g/mol. The number of rotatable bonds is 2. The van der Waals surface area contributed by atoms with Gasteiger partial charge in [-0.3, -0.25) is 0 Å². The van der Waals surface area contributed by atoms with Crippen LogP contribution in [0.1, 0.15) is 16.1 Å². The minimum absolute atomic E-state index is 0.101. The van der Waals surface area contributed by atoms with E-state index in [9.17, 15) is 4.79 Å². The number of hydrogen-bond acceptors (Lipinski definition) is 2. The van der Waals surface area contributed by atoms with E-state index >= 15 is 0 Å². The van der Waals surface area contributed by atoms with E-state index in [0.717, 1.165) is 0 Å². The number of carbonyl (C=O) groups is 1. The SMILES string of the molecule is O=C(O)c1cc(CO)c[nH]1. The van der Waals surface area contributed by atoms with Gasteiger partial charge in [-0.05, 0) is 11.6 Å². The molecule has 0 aliphatic heterocycles. The van der Waals surface area contributed by atoms with E-state index < -0.39 is 5.97 Å². The molecule has 0 atom stereocenters. The van der Waals surface area contributed by atoms with Crippen molar-refractivity contribution in [3.63, 3.8) is 0 Å². The first-order chi connectivity index (χ1) is 4.74. The number of aliphatic hydroxyl groups excluding tert-OH is 1. The van der Waals surface area contributed by atoms with Crippen LogP contribution in [0.3, 0.4) is 0 Å². The van der Waals surface area contributed by atoms with Crippen molar-refractivity contribution in [3.8, 4) is 0 Å². The summed E-state index contributed by atoms with van der Waals surface area (Å²) >= 11 is 0. The Morgan fingerprint density at radius 2 is 2.40 bits per heavy atom. The van der Waals surface area contributed by atoms with E-state index in [2.05, 4.69) is 4.98 Å². The van der Waals surface area contributed by atoms with Crippen LogP contribution in [0.25, 0.3) is 0 Å². The molecule has 1 aromatic heterocycles. The van der Waals surface area contributed by atoms with E-state index in [1.165, 1.54) is 12.3 Å². The predicted molar refractivity (Wildman–Crippen MR) is 33.7 cm³/mol. The van der Waals surface area contributed by atoms with Crippen LogP contribution >= 0.6 is 0 Å². The third kappa shape index (κ3) is 1.16.